The van der Waals surface area contributed by atoms with E-state index in [-0.39, 0.29) is 5.91 Å². The summed E-state index contributed by atoms with van der Waals surface area (Å²) in [6.45, 7) is 5.39. The zero-order chi connectivity index (χ0) is 19.2. The van der Waals surface area contributed by atoms with E-state index in [1.165, 1.54) is 0 Å². The van der Waals surface area contributed by atoms with Gasteiger partial charge in [-0.2, -0.15) is 0 Å². The zero-order valence-corrected chi connectivity index (χ0v) is 16.1. The lowest BCUT2D eigenvalue weighted by Crippen LogP contribution is -2.48. The Bertz CT molecular complexity index is 768. The Kier molecular flexibility index (Phi) is 6.06. The summed E-state index contributed by atoms with van der Waals surface area (Å²) >= 11 is 0. The van der Waals surface area contributed by atoms with Gasteiger partial charge in [0, 0.05) is 37.4 Å². The van der Waals surface area contributed by atoms with Gasteiger partial charge >= 0.3 is 0 Å². The van der Waals surface area contributed by atoms with Gasteiger partial charge in [-0.25, -0.2) is 0 Å². The van der Waals surface area contributed by atoms with Gasteiger partial charge in [0.15, 0.2) is 11.5 Å². The zero-order valence-electron chi connectivity index (χ0n) is 16.1. The molecule has 27 heavy (non-hydrogen) atoms. The Morgan fingerprint density at radius 2 is 1.63 bits per heavy atom. The lowest BCUT2D eigenvalue weighted by Gasteiger charge is -2.36. The Hall–Kier alpha value is -2.89. The van der Waals surface area contributed by atoms with E-state index in [0.717, 1.165) is 24.5 Å². The van der Waals surface area contributed by atoms with Crippen LogP contribution in [0, 0.1) is 0 Å². The highest BCUT2D eigenvalue weighted by Crippen LogP contribution is 2.29. The summed E-state index contributed by atoms with van der Waals surface area (Å²) in [5.41, 5.74) is 1.77. The molecule has 0 aliphatic carbocycles. The van der Waals surface area contributed by atoms with E-state index >= 15 is 0 Å². The highest BCUT2D eigenvalue weighted by molar-refractivity contribution is 5.95. The van der Waals surface area contributed by atoms with Crippen LogP contribution in [0.2, 0.25) is 0 Å². The van der Waals surface area contributed by atoms with Crippen molar-refractivity contribution < 1.29 is 19.0 Å². The van der Waals surface area contributed by atoms with E-state index in [4.69, 9.17) is 14.2 Å². The normalized spacial score (nSPS) is 14.0. The van der Waals surface area contributed by atoms with E-state index in [1.807, 2.05) is 36.1 Å². The van der Waals surface area contributed by atoms with E-state index in [0.29, 0.717) is 36.8 Å². The first-order valence-corrected chi connectivity index (χ1v) is 9.15. The highest BCUT2D eigenvalue weighted by atomic mass is 16.5. The van der Waals surface area contributed by atoms with Crippen LogP contribution in [0.3, 0.4) is 0 Å². The van der Waals surface area contributed by atoms with Gasteiger partial charge in [-0.3, -0.25) is 4.79 Å². The summed E-state index contributed by atoms with van der Waals surface area (Å²) in [7, 11) is 3.26. The van der Waals surface area contributed by atoms with E-state index < -0.39 is 0 Å². The maximum absolute atomic E-state index is 12.9. The molecule has 0 atom stereocenters. The Morgan fingerprint density at radius 1 is 0.926 bits per heavy atom. The number of hydrogen-bond donors (Lipinski definition) is 0. The second-order valence-electron chi connectivity index (χ2n) is 6.28. The number of piperazine rings is 1. The average molecular weight is 370 g/mol. The van der Waals surface area contributed by atoms with Crippen LogP contribution in [0.4, 0.5) is 5.69 Å². The van der Waals surface area contributed by atoms with Gasteiger partial charge < -0.3 is 24.0 Å². The fourth-order valence-electron chi connectivity index (χ4n) is 3.22. The van der Waals surface area contributed by atoms with Gasteiger partial charge in [0.05, 0.1) is 20.8 Å². The molecule has 1 amide bonds. The van der Waals surface area contributed by atoms with Gasteiger partial charge in [0.1, 0.15) is 5.75 Å². The number of carbonyl (C=O) groups is 1. The van der Waals surface area contributed by atoms with Crippen LogP contribution in [-0.4, -0.2) is 57.8 Å². The topological polar surface area (TPSA) is 51.2 Å². The smallest absolute Gasteiger partial charge is 0.254 e. The number of ether oxygens (including phenoxy) is 3. The van der Waals surface area contributed by atoms with Gasteiger partial charge in [-0.1, -0.05) is 0 Å². The molecule has 0 spiro atoms. The third-order valence-corrected chi connectivity index (χ3v) is 4.71. The predicted octanol–water partition coefficient (Wildman–Crippen LogP) is 3.06. The number of anilines is 1. The first kappa shape index (κ1) is 18.9. The number of nitrogens with zero attached hydrogens (tertiary/aromatic N) is 2. The average Bonchev–Trinajstić information content (AvgIpc) is 2.73. The van der Waals surface area contributed by atoms with Crippen molar-refractivity contribution in [3.8, 4) is 17.2 Å². The highest BCUT2D eigenvalue weighted by Gasteiger charge is 2.23. The molecular formula is C21H26N2O4. The quantitative estimate of drug-likeness (QED) is 0.782. The molecule has 0 radical (unpaired) electrons. The molecule has 1 aliphatic rings. The van der Waals surface area contributed by atoms with Crippen molar-refractivity contribution in [2.75, 3.05) is 51.9 Å². The van der Waals surface area contributed by atoms with Crippen LogP contribution in [0.25, 0.3) is 0 Å². The molecule has 3 rings (SSSR count). The molecule has 6 heteroatoms. The van der Waals surface area contributed by atoms with E-state index in [9.17, 15) is 4.79 Å². The summed E-state index contributed by atoms with van der Waals surface area (Å²) in [4.78, 5) is 17.0. The van der Waals surface area contributed by atoms with Crippen molar-refractivity contribution >= 4 is 11.6 Å². The van der Waals surface area contributed by atoms with Gasteiger partial charge in [0.25, 0.3) is 5.91 Å². The third-order valence-electron chi connectivity index (χ3n) is 4.71. The number of hydrogen-bond acceptors (Lipinski definition) is 5. The van der Waals surface area contributed by atoms with Crippen LogP contribution in [0.5, 0.6) is 17.2 Å². The fraction of sp³-hybridized carbons (Fsp3) is 0.381. The molecule has 2 aromatic rings. The minimum absolute atomic E-state index is 0.0213. The largest absolute Gasteiger partial charge is 0.497 e. The molecule has 0 aromatic heterocycles. The van der Waals surface area contributed by atoms with Crippen molar-refractivity contribution in [2.45, 2.75) is 6.92 Å². The summed E-state index contributed by atoms with van der Waals surface area (Å²) in [6, 6.07) is 13.4. The molecule has 1 aliphatic heterocycles. The number of amides is 1. The Labute approximate surface area is 160 Å². The van der Waals surface area contributed by atoms with E-state index in [2.05, 4.69) is 4.90 Å². The minimum atomic E-state index is 0.0213. The number of carbonyl (C=O) groups excluding carboxylic acids is 1. The van der Waals surface area contributed by atoms with Crippen LogP contribution in [0.1, 0.15) is 17.3 Å². The standard InChI is InChI=1S/C21H26N2O4/c1-4-27-20-15-16(5-10-19(20)26-3)21(24)23-13-11-22(12-14-23)17-6-8-18(25-2)9-7-17/h5-10,15H,4,11-14H2,1-3H3. The summed E-state index contributed by atoms with van der Waals surface area (Å²) in [5.74, 6) is 2.10. The molecule has 144 valence electrons. The molecule has 1 fully saturated rings. The van der Waals surface area contributed by atoms with Crippen molar-refractivity contribution in [3.05, 3.63) is 48.0 Å². The molecule has 0 unspecified atom stereocenters. The van der Waals surface area contributed by atoms with Crippen LogP contribution < -0.4 is 19.1 Å². The van der Waals surface area contributed by atoms with Crippen molar-refractivity contribution in [2.24, 2.45) is 0 Å². The SMILES string of the molecule is CCOc1cc(C(=O)N2CCN(c3ccc(OC)cc3)CC2)ccc1OC. The van der Waals surface area contributed by atoms with E-state index in [1.54, 1.807) is 32.4 Å². The number of rotatable bonds is 6. The monoisotopic (exact) mass is 370 g/mol. The maximum atomic E-state index is 12.9. The fourth-order valence-corrected chi connectivity index (χ4v) is 3.22. The molecular weight excluding hydrogens is 344 g/mol. The molecule has 0 saturated carbocycles. The molecule has 6 nitrogen and oxygen atoms in total. The number of methoxy groups -OCH3 is 2. The third kappa shape index (κ3) is 4.27. The summed E-state index contributed by atoms with van der Waals surface area (Å²) < 4.78 is 16.1. The second kappa shape index (κ2) is 8.66. The lowest BCUT2D eigenvalue weighted by molar-refractivity contribution is 0.0746. The Balaban J connectivity index is 1.65. The first-order valence-electron chi connectivity index (χ1n) is 9.15. The first-order chi connectivity index (χ1) is 13.2. The van der Waals surface area contributed by atoms with Gasteiger partial charge in [-0.15, -0.1) is 0 Å². The van der Waals surface area contributed by atoms with Gasteiger partial charge in [-0.05, 0) is 49.4 Å². The summed E-state index contributed by atoms with van der Waals surface area (Å²) in [5, 5.41) is 0. The van der Waals surface area contributed by atoms with Crippen LogP contribution in [0.15, 0.2) is 42.5 Å². The van der Waals surface area contributed by atoms with Crippen molar-refractivity contribution in [1.29, 1.82) is 0 Å². The van der Waals surface area contributed by atoms with Gasteiger partial charge in [0.2, 0.25) is 0 Å². The molecule has 0 N–H and O–H groups in total. The minimum Gasteiger partial charge on any atom is -0.497 e. The molecule has 1 heterocycles. The Morgan fingerprint density at radius 3 is 2.22 bits per heavy atom. The van der Waals surface area contributed by atoms with Crippen LogP contribution in [-0.2, 0) is 0 Å². The predicted molar refractivity (Wildman–Crippen MR) is 105 cm³/mol. The summed E-state index contributed by atoms with van der Waals surface area (Å²) in [6.07, 6.45) is 0. The van der Waals surface area contributed by atoms with Crippen molar-refractivity contribution in [3.63, 3.8) is 0 Å². The maximum Gasteiger partial charge on any atom is 0.254 e. The van der Waals surface area contributed by atoms with Crippen molar-refractivity contribution in [1.82, 2.24) is 4.90 Å². The molecule has 1 saturated heterocycles. The second-order valence-corrected chi connectivity index (χ2v) is 6.28. The molecule has 0 bridgehead atoms. The number of benzene rings is 2. The molecule has 2 aromatic carbocycles. The lowest BCUT2D eigenvalue weighted by atomic mass is 10.1. The van der Waals surface area contributed by atoms with Crippen LogP contribution >= 0.6 is 0 Å².